The first-order valence-electron chi connectivity index (χ1n) is 8.32. The molecule has 27 heavy (non-hydrogen) atoms. The zero-order chi connectivity index (χ0) is 18.8. The van der Waals surface area contributed by atoms with Crippen LogP contribution >= 0.6 is 23.4 Å². The van der Waals surface area contributed by atoms with Gasteiger partial charge in [0.25, 0.3) is 0 Å². The molecule has 0 N–H and O–H groups in total. The molecular formula is C20H16ClNO4S. The number of thioether (sulfide) groups is 1. The molecule has 1 aromatic heterocycles. The third-order valence-corrected chi connectivity index (χ3v) is 5.24. The van der Waals surface area contributed by atoms with Crippen LogP contribution in [0.5, 0.6) is 11.5 Å². The second-order valence-electron chi connectivity index (χ2n) is 5.97. The van der Waals surface area contributed by atoms with Gasteiger partial charge in [-0.25, -0.2) is 9.78 Å². The standard InChI is InChI=1S/C20H16ClNO4S/c1-27-14-7-6-12-8-13(19(21)22-15(12)9-14)10-25-20(23)18-11-24-16-4-2-3-5-17(16)26-18/h2-9,18H,10-11H2,1H3/t18-/m1/s1. The van der Waals surface area contributed by atoms with Gasteiger partial charge in [0, 0.05) is 15.8 Å². The van der Waals surface area contributed by atoms with Gasteiger partial charge >= 0.3 is 5.97 Å². The molecule has 0 saturated carbocycles. The van der Waals surface area contributed by atoms with Crippen molar-refractivity contribution in [2.75, 3.05) is 12.9 Å². The molecule has 2 heterocycles. The maximum atomic E-state index is 12.3. The molecule has 1 aliphatic heterocycles. The zero-order valence-corrected chi connectivity index (χ0v) is 16.0. The van der Waals surface area contributed by atoms with Crippen LogP contribution in [0, 0.1) is 0 Å². The molecule has 1 aliphatic rings. The molecular weight excluding hydrogens is 386 g/mol. The Morgan fingerprint density at radius 1 is 1.26 bits per heavy atom. The Morgan fingerprint density at radius 3 is 2.89 bits per heavy atom. The summed E-state index contributed by atoms with van der Waals surface area (Å²) in [6, 6.07) is 15.1. The molecule has 7 heteroatoms. The first kappa shape index (κ1) is 17.9. The van der Waals surface area contributed by atoms with Crippen molar-refractivity contribution in [2.24, 2.45) is 0 Å². The monoisotopic (exact) mass is 401 g/mol. The van der Waals surface area contributed by atoms with Gasteiger partial charge in [-0.1, -0.05) is 29.8 Å². The molecule has 5 nitrogen and oxygen atoms in total. The molecule has 0 saturated heterocycles. The van der Waals surface area contributed by atoms with E-state index in [2.05, 4.69) is 4.98 Å². The van der Waals surface area contributed by atoms with Crippen molar-refractivity contribution in [2.45, 2.75) is 17.6 Å². The number of benzene rings is 2. The minimum atomic E-state index is -0.809. The summed E-state index contributed by atoms with van der Waals surface area (Å²) in [5, 5.41) is 1.26. The van der Waals surface area contributed by atoms with Crippen LogP contribution in [0.3, 0.4) is 0 Å². The molecule has 3 aromatic rings. The van der Waals surface area contributed by atoms with Crippen molar-refractivity contribution >= 4 is 40.2 Å². The molecule has 0 radical (unpaired) electrons. The molecule has 0 aliphatic carbocycles. The van der Waals surface area contributed by atoms with Gasteiger partial charge in [0.15, 0.2) is 11.5 Å². The van der Waals surface area contributed by atoms with Crippen LogP contribution in [-0.4, -0.2) is 29.9 Å². The lowest BCUT2D eigenvalue weighted by molar-refractivity contribution is -0.155. The predicted molar refractivity (Wildman–Crippen MR) is 105 cm³/mol. The number of aromatic nitrogens is 1. The zero-order valence-electron chi connectivity index (χ0n) is 14.5. The highest BCUT2D eigenvalue weighted by Crippen LogP contribution is 2.31. The second-order valence-corrected chi connectivity index (χ2v) is 7.21. The summed E-state index contributed by atoms with van der Waals surface area (Å²) < 4.78 is 16.6. The van der Waals surface area contributed by atoms with Crippen molar-refractivity contribution in [3.8, 4) is 11.5 Å². The number of carbonyl (C=O) groups excluding carboxylic acids is 1. The number of rotatable bonds is 4. The van der Waals surface area contributed by atoms with E-state index in [1.807, 2.05) is 42.7 Å². The predicted octanol–water partition coefficient (Wildman–Crippen LogP) is 4.49. The second kappa shape index (κ2) is 7.66. The summed E-state index contributed by atoms with van der Waals surface area (Å²) >= 11 is 7.91. The highest BCUT2D eigenvalue weighted by atomic mass is 35.5. The largest absolute Gasteiger partial charge is 0.485 e. The Morgan fingerprint density at radius 2 is 2.07 bits per heavy atom. The van der Waals surface area contributed by atoms with Crippen molar-refractivity contribution in [1.82, 2.24) is 4.98 Å². The first-order chi connectivity index (χ1) is 13.1. The van der Waals surface area contributed by atoms with E-state index in [4.69, 9.17) is 25.8 Å². The van der Waals surface area contributed by atoms with Crippen molar-refractivity contribution in [3.63, 3.8) is 0 Å². The number of ether oxygens (including phenoxy) is 3. The molecule has 0 unspecified atom stereocenters. The summed E-state index contributed by atoms with van der Waals surface area (Å²) in [7, 11) is 0. The number of hydrogen-bond acceptors (Lipinski definition) is 6. The first-order valence-corrected chi connectivity index (χ1v) is 9.92. The maximum absolute atomic E-state index is 12.3. The average molecular weight is 402 g/mol. The van der Waals surface area contributed by atoms with Gasteiger partial charge in [0.1, 0.15) is 18.4 Å². The van der Waals surface area contributed by atoms with Gasteiger partial charge in [-0.15, -0.1) is 11.8 Å². The number of halogens is 1. The lowest BCUT2D eigenvalue weighted by Crippen LogP contribution is -2.37. The van der Waals surface area contributed by atoms with Crippen LogP contribution in [0.15, 0.2) is 53.4 Å². The van der Waals surface area contributed by atoms with E-state index >= 15 is 0 Å². The van der Waals surface area contributed by atoms with E-state index in [0.29, 0.717) is 22.2 Å². The van der Waals surface area contributed by atoms with E-state index in [9.17, 15) is 4.79 Å². The third-order valence-electron chi connectivity index (χ3n) is 4.19. The van der Waals surface area contributed by atoms with Crippen molar-refractivity contribution < 1.29 is 19.0 Å². The fourth-order valence-electron chi connectivity index (χ4n) is 2.77. The topological polar surface area (TPSA) is 57.7 Å². The van der Waals surface area contributed by atoms with Crippen molar-refractivity contribution in [3.05, 3.63) is 59.2 Å². The summed E-state index contributed by atoms with van der Waals surface area (Å²) in [5.41, 5.74) is 1.45. The maximum Gasteiger partial charge on any atom is 0.351 e. The van der Waals surface area contributed by atoms with E-state index in [1.165, 1.54) is 0 Å². The molecule has 2 aromatic carbocycles. The fraction of sp³-hybridized carbons (Fsp3) is 0.200. The summed E-state index contributed by atoms with van der Waals surface area (Å²) in [4.78, 5) is 17.9. The molecule has 0 fully saturated rings. The van der Waals surface area contributed by atoms with Crippen LogP contribution < -0.4 is 9.47 Å². The number of fused-ring (bicyclic) bond motifs is 2. The Balaban J connectivity index is 1.45. The van der Waals surface area contributed by atoms with E-state index in [1.54, 1.807) is 23.9 Å². The van der Waals surface area contributed by atoms with Crippen LogP contribution in [0.2, 0.25) is 5.15 Å². The Kier molecular flexibility index (Phi) is 5.09. The molecule has 0 spiro atoms. The lowest BCUT2D eigenvalue weighted by Gasteiger charge is -2.25. The molecule has 0 amide bonds. The molecule has 4 rings (SSSR count). The van der Waals surface area contributed by atoms with Gasteiger partial charge in [-0.05, 0) is 36.6 Å². The number of pyridine rings is 1. The highest BCUT2D eigenvalue weighted by molar-refractivity contribution is 7.98. The SMILES string of the molecule is CSc1ccc2cc(COC(=O)[C@H]3COc4ccccc4O3)c(Cl)nc2c1. The number of hydrogen-bond donors (Lipinski definition) is 0. The van der Waals surface area contributed by atoms with E-state index in [-0.39, 0.29) is 13.2 Å². The number of nitrogens with zero attached hydrogens (tertiary/aromatic N) is 1. The fourth-order valence-corrected chi connectivity index (χ4v) is 3.41. The molecule has 1 atom stereocenters. The van der Waals surface area contributed by atoms with Crippen LogP contribution in [-0.2, 0) is 16.1 Å². The summed E-state index contributed by atoms with van der Waals surface area (Å²) in [6.07, 6.45) is 1.20. The van der Waals surface area contributed by atoms with Crippen LogP contribution in [0.4, 0.5) is 0 Å². The van der Waals surface area contributed by atoms with Gasteiger partial charge in [0.05, 0.1) is 5.52 Å². The minimum absolute atomic E-state index is 0.0202. The number of esters is 1. The smallest absolute Gasteiger partial charge is 0.351 e. The van der Waals surface area contributed by atoms with Gasteiger partial charge in [0.2, 0.25) is 6.10 Å². The van der Waals surface area contributed by atoms with E-state index < -0.39 is 12.1 Å². The molecule has 0 bridgehead atoms. The van der Waals surface area contributed by atoms with Gasteiger partial charge in [-0.2, -0.15) is 0 Å². The lowest BCUT2D eigenvalue weighted by atomic mass is 10.1. The van der Waals surface area contributed by atoms with Gasteiger partial charge in [-0.3, -0.25) is 0 Å². The quantitative estimate of drug-likeness (QED) is 0.364. The Bertz CT molecular complexity index is 1010. The summed E-state index contributed by atoms with van der Waals surface area (Å²) in [5.74, 6) is 0.645. The van der Waals surface area contributed by atoms with Crippen LogP contribution in [0.1, 0.15) is 5.56 Å². The third kappa shape index (κ3) is 3.82. The van der Waals surface area contributed by atoms with Gasteiger partial charge < -0.3 is 14.2 Å². The normalized spacial score (nSPS) is 15.6. The van der Waals surface area contributed by atoms with Crippen molar-refractivity contribution in [1.29, 1.82) is 0 Å². The number of carbonyl (C=O) groups is 1. The number of para-hydroxylation sites is 2. The minimum Gasteiger partial charge on any atom is -0.485 e. The highest BCUT2D eigenvalue weighted by Gasteiger charge is 2.28. The van der Waals surface area contributed by atoms with Crippen LogP contribution in [0.25, 0.3) is 10.9 Å². The summed E-state index contributed by atoms with van der Waals surface area (Å²) in [6.45, 7) is 0.128. The molecule has 138 valence electrons. The average Bonchev–Trinajstić information content (AvgIpc) is 2.71. The Labute approximate surface area is 165 Å². The Hall–Kier alpha value is -2.44. The van der Waals surface area contributed by atoms with E-state index in [0.717, 1.165) is 15.8 Å².